The van der Waals surface area contributed by atoms with Gasteiger partial charge < -0.3 is 4.74 Å². The number of rotatable bonds is 3. The van der Waals surface area contributed by atoms with Gasteiger partial charge in [-0.1, -0.05) is 41.9 Å². The van der Waals surface area contributed by atoms with Gasteiger partial charge in [0.25, 0.3) is 0 Å². The van der Waals surface area contributed by atoms with Gasteiger partial charge in [-0.2, -0.15) is 0 Å². The fourth-order valence-electron chi connectivity index (χ4n) is 2.64. The average Bonchev–Trinajstić information content (AvgIpc) is 2.50. The molecule has 1 aliphatic rings. The highest BCUT2D eigenvalue weighted by Gasteiger charge is 2.24. The molecule has 0 saturated heterocycles. The van der Waals surface area contributed by atoms with Crippen LogP contribution in [-0.2, 0) is 11.2 Å². The van der Waals surface area contributed by atoms with E-state index >= 15 is 0 Å². The third kappa shape index (κ3) is 3.05. The van der Waals surface area contributed by atoms with Crippen molar-refractivity contribution in [1.82, 2.24) is 0 Å². The Kier molecular flexibility index (Phi) is 4.43. The number of ether oxygens (including phenoxy) is 1. The van der Waals surface area contributed by atoms with Gasteiger partial charge in [0.1, 0.15) is 0 Å². The summed E-state index contributed by atoms with van der Waals surface area (Å²) in [4.78, 5) is 12.5. The molecule has 4 heteroatoms. The van der Waals surface area contributed by atoms with Crippen molar-refractivity contribution in [2.75, 3.05) is 6.61 Å². The van der Waals surface area contributed by atoms with Crippen molar-refractivity contribution in [3.63, 3.8) is 0 Å². The molecule has 0 amide bonds. The smallest absolute Gasteiger partial charge is 0.167 e. The molecule has 1 unspecified atom stereocenters. The Morgan fingerprint density at radius 2 is 2.05 bits per heavy atom. The number of ketones is 1. The van der Waals surface area contributed by atoms with Gasteiger partial charge >= 0.3 is 0 Å². The van der Waals surface area contributed by atoms with Crippen LogP contribution in [0.25, 0.3) is 0 Å². The Hall–Kier alpha value is -1.16. The Bertz CT molecular complexity index is 684. The summed E-state index contributed by atoms with van der Waals surface area (Å²) < 4.78 is 6.53. The molecule has 1 aliphatic heterocycles. The van der Waals surface area contributed by atoms with E-state index < -0.39 is 0 Å². The first-order valence-electron chi connectivity index (χ1n) is 6.83. The molecule has 1 heterocycles. The van der Waals surface area contributed by atoms with Crippen molar-refractivity contribution in [2.45, 2.75) is 18.9 Å². The molecule has 21 heavy (non-hydrogen) atoms. The van der Waals surface area contributed by atoms with Gasteiger partial charge in [0.15, 0.2) is 5.78 Å². The molecule has 2 aromatic rings. The van der Waals surface area contributed by atoms with Crippen LogP contribution in [0.4, 0.5) is 0 Å². The number of benzene rings is 2. The molecule has 0 radical (unpaired) electrons. The summed E-state index contributed by atoms with van der Waals surface area (Å²) >= 11 is 9.55. The van der Waals surface area contributed by atoms with Crippen LogP contribution in [0.15, 0.2) is 46.9 Å². The number of halogens is 2. The lowest BCUT2D eigenvalue weighted by Gasteiger charge is -2.25. The minimum absolute atomic E-state index is 0.00278. The van der Waals surface area contributed by atoms with E-state index in [1.165, 1.54) is 5.56 Å². The van der Waals surface area contributed by atoms with E-state index in [2.05, 4.69) is 22.0 Å². The lowest BCUT2D eigenvalue weighted by molar-refractivity contribution is 0.0352. The van der Waals surface area contributed by atoms with Crippen molar-refractivity contribution in [1.29, 1.82) is 0 Å². The molecule has 0 N–H and O–H groups in total. The Balaban J connectivity index is 1.85. The molecular formula is C17H14BrClO2. The van der Waals surface area contributed by atoms with Gasteiger partial charge in [-0.05, 0) is 45.6 Å². The maximum absolute atomic E-state index is 12.5. The van der Waals surface area contributed by atoms with E-state index in [9.17, 15) is 4.79 Å². The highest BCUT2D eigenvalue weighted by molar-refractivity contribution is 9.10. The van der Waals surface area contributed by atoms with Crippen molar-refractivity contribution in [3.8, 4) is 0 Å². The third-order valence-corrected chi connectivity index (χ3v) is 5.01. The van der Waals surface area contributed by atoms with E-state index in [0.29, 0.717) is 23.6 Å². The van der Waals surface area contributed by atoms with Gasteiger partial charge in [0.05, 0.1) is 17.7 Å². The molecule has 108 valence electrons. The van der Waals surface area contributed by atoms with Crippen LogP contribution in [0, 0.1) is 0 Å². The normalized spacial score (nSPS) is 17.3. The average molecular weight is 366 g/mol. The number of fused-ring (bicyclic) bond motifs is 1. The predicted molar refractivity (Wildman–Crippen MR) is 86.9 cm³/mol. The van der Waals surface area contributed by atoms with Crippen molar-refractivity contribution in [3.05, 3.63) is 68.7 Å². The quantitative estimate of drug-likeness (QED) is 0.716. The third-order valence-electron chi connectivity index (χ3n) is 3.72. The SMILES string of the molecule is O=C(CC1OCCc2ccccc21)c1cccc(Br)c1Cl. The zero-order valence-electron chi connectivity index (χ0n) is 11.3. The largest absolute Gasteiger partial charge is 0.373 e. The summed E-state index contributed by atoms with van der Waals surface area (Å²) in [6.07, 6.45) is 1.03. The fraction of sp³-hybridized carbons (Fsp3) is 0.235. The van der Waals surface area contributed by atoms with Gasteiger partial charge in [-0.3, -0.25) is 4.79 Å². The summed E-state index contributed by atoms with van der Waals surface area (Å²) in [7, 11) is 0. The van der Waals surface area contributed by atoms with Crippen molar-refractivity contribution < 1.29 is 9.53 Å². The highest BCUT2D eigenvalue weighted by Crippen LogP contribution is 2.33. The van der Waals surface area contributed by atoms with E-state index in [-0.39, 0.29) is 11.9 Å². The van der Waals surface area contributed by atoms with E-state index in [1.807, 2.05) is 30.3 Å². The minimum atomic E-state index is -0.183. The first kappa shape index (κ1) is 14.8. The molecule has 1 atom stereocenters. The summed E-state index contributed by atoms with van der Waals surface area (Å²) in [6, 6.07) is 13.5. The second-order valence-corrected chi connectivity index (χ2v) is 6.27. The first-order valence-corrected chi connectivity index (χ1v) is 8.00. The second kappa shape index (κ2) is 6.30. The summed E-state index contributed by atoms with van der Waals surface area (Å²) in [5.41, 5.74) is 2.92. The van der Waals surface area contributed by atoms with Gasteiger partial charge in [-0.15, -0.1) is 0 Å². The van der Waals surface area contributed by atoms with Crippen LogP contribution in [0.2, 0.25) is 5.02 Å². The van der Waals surface area contributed by atoms with E-state index in [1.54, 1.807) is 6.07 Å². The molecule has 0 aliphatic carbocycles. The summed E-state index contributed by atoms with van der Waals surface area (Å²) in [5, 5.41) is 0.464. The number of carbonyl (C=O) groups excluding carboxylic acids is 1. The molecule has 0 spiro atoms. The zero-order chi connectivity index (χ0) is 14.8. The monoisotopic (exact) mass is 364 g/mol. The van der Waals surface area contributed by atoms with Gasteiger partial charge in [0, 0.05) is 16.5 Å². The Morgan fingerprint density at radius 3 is 2.90 bits per heavy atom. The summed E-state index contributed by atoms with van der Waals surface area (Å²) in [5.74, 6) is 0.00278. The molecule has 2 nitrogen and oxygen atoms in total. The fourth-order valence-corrected chi connectivity index (χ4v) is 3.24. The lowest BCUT2D eigenvalue weighted by atomic mass is 9.93. The van der Waals surface area contributed by atoms with Gasteiger partial charge in [0.2, 0.25) is 0 Å². The van der Waals surface area contributed by atoms with Crippen LogP contribution >= 0.6 is 27.5 Å². The van der Waals surface area contributed by atoms with E-state index in [4.69, 9.17) is 16.3 Å². The van der Waals surface area contributed by atoms with Crippen molar-refractivity contribution in [2.24, 2.45) is 0 Å². The maximum Gasteiger partial charge on any atom is 0.167 e. The Labute approximate surface area is 137 Å². The maximum atomic E-state index is 12.5. The second-order valence-electron chi connectivity index (χ2n) is 5.04. The minimum Gasteiger partial charge on any atom is -0.373 e. The van der Waals surface area contributed by atoms with E-state index in [0.717, 1.165) is 16.5 Å². The molecule has 3 rings (SSSR count). The molecule has 0 fully saturated rings. The predicted octanol–water partition coefficient (Wildman–Crippen LogP) is 4.99. The standard InChI is InChI=1S/C17H14BrClO2/c18-14-7-3-6-13(17(14)19)15(20)10-16-12-5-2-1-4-11(12)8-9-21-16/h1-7,16H,8-10H2. The van der Waals surface area contributed by atoms with Crippen molar-refractivity contribution >= 4 is 33.3 Å². The zero-order valence-corrected chi connectivity index (χ0v) is 13.7. The molecule has 0 saturated carbocycles. The van der Waals surface area contributed by atoms with Crippen LogP contribution < -0.4 is 0 Å². The molecule has 0 aromatic heterocycles. The van der Waals surface area contributed by atoms with Crippen LogP contribution in [0.3, 0.4) is 0 Å². The first-order chi connectivity index (χ1) is 10.2. The molecule has 2 aromatic carbocycles. The molecular weight excluding hydrogens is 352 g/mol. The number of hydrogen-bond acceptors (Lipinski definition) is 2. The van der Waals surface area contributed by atoms with Crippen LogP contribution in [-0.4, -0.2) is 12.4 Å². The number of carbonyl (C=O) groups is 1. The van der Waals surface area contributed by atoms with Gasteiger partial charge in [-0.25, -0.2) is 0 Å². The number of hydrogen-bond donors (Lipinski definition) is 0. The highest BCUT2D eigenvalue weighted by atomic mass is 79.9. The number of Topliss-reactive ketones (excluding diaryl/α,β-unsaturated/α-hetero) is 1. The lowest BCUT2D eigenvalue weighted by Crippen LogP contribution is -2.19. The summed E-state index contributed by atoms with van der Waals surface area (Å²) in [6.45, 7) is 0.654. The van der Waals surface area contributed by atoms with Crippen LogP contribution in [0.1, 0.15) is 34.0 Å². The van der Waals surface area contributed by atoms with Crippen LogP contribution in [0.5, 0.6) is 0 Å². The Morgan fingerprint density at radius 1 is 1.24 bits per heavy atom. The molecule has 0 bridgehead atoms. The topological polar surface area (TPSA) is 26.3 Å².